The van der Waals surface area contributed by atoms with Gasteiger partial charge in [-0.25, -0.2) is 9.97 Å². The van der Waals surface area contributed by atoms with Crippen molar-refractivity contribution in [2.24, 2.45) is 11.3 Å². The van der Waals surface area contributed by atoms with Crippen molar-refractivity contribution in [1.29, 1.82) is 0 Å². The summed E-state index contributed by atoms with van der Waals surface area (Å²) in [6, 6.07) is 1.88. The van der Waals surface area contributed by atoms with Crippen LogP contribution in [0, 0.1) is 11.3 Å². The lowest BCUT2D eigenvalue weighted by Crippen LogP contribution is -2.21. The third-order valence-electron chi connectivity index (χ3n) is 3.83. The largest absolute Gasteiger partial charge is 0.478 e. The van der Waals surface area contributed by atoms with Crippen LogP contribution in [-0.2, 0) is 0 Å². The van der Waals surface area contributed by atoms with E-state index in [1.807, 2.05) is 6.07 Å². The zero-order chi connectivity index (χ0) is 13.0. The second-order valence-electron chi connectivity index (χ2n) is 5.46. The van der Waals surface area contributed by atoms with Gasteiger partial charge >= 0.3 is 0 Å². The van der Waals surface area contributed by atoms with Gasteiger partial charge in [0.15, 0.2) is 0 Å². The molecule has 0 aliphatic heterocycles. The van der Waals surface area contributed by atoms with Gasteiger partial charge in [-0.3, -0.25) is 0 Å². The van der Waals surface area contributed by atoms with Crippen molar-refractivity contribution < 1.29 is 4.74 Å². The first-order valence-corrected chi connectivity index (χ1v) is 6.85. The Hall–Kier alpha value is -1.32. The van der Waals surface area contributed by atoms with E-state index in [9.17, 15) is 0 Å². The molecule has 0 spiro atoms. The number of hydrogen-bond acceptors (Lipinski definition) is 4. The molecule has 18 heavy (non-hydrogen) atoms. The molecule has 0 amide bonds. The summed E-state index contributed by atoms with van der Waals surface area (Å²) in [6.45, 7) is 8.37. The molecule has 1 aromatic rings. The molecule has 1 heterocycles. The fourth-order valence-corrected chi connectivity index (χ4v) is 2.11. The van der Waals surface area contributed by atoms with E-state index in [4.69, 9.17) is 4.74 Å². The number of anilines is 1. The molecule has 1 aliphatic rings. The lowest BCUT2D eigenvalue weighted by Gasteiger charge is -2.20. The maximum Gasteiger partial charge on any atom is 0.218 e. The van der Waals surface area contributed by atoms with Crippen LogP contribution < -0.4 is 10.1 Å². The van der Waals surface area contributed by atoms with Crippen LogP contribution in [-0.4, -0.2) is 23.1 Å². The predicted octanol–water partition coefficient (Wildman–Crippen LogP) is 3.11. The summed E-state index contributed by atoms with van der Waals surface area (Å²) in [6.07, 6.45) is 5.19. The standard InChI is InChI=1S/C14H23N3O/c1-4-7-18-13-8-12(16-10-17-13)15-9-14(5-6-14)11(2)3/h8,10-11H,4-7,9H2,1-3H3,(H,15,16,17). The third kappa shape index (κ3) is 3.12. The van der Waals surface area contributed by atoms with Crippen LogP contribution in [0.2, 0.25) is 0 Å². The summed E-state index contributed by atoms with van der Waals surface area (Å²) in [5.41, 5.74) is 0.482. The molecule has 0 bridgehead atoms. The van der Waals surface area contributed by atoms with Gasteiger partial charge in [0.2, 0.25) is 5.88 Å². The van der Waals surface area contributed by atoms with Crippen molar-refractivity contribution >= 4 is 5.82 Å². The Morgan fingerprint density at radius 1 is 1.39 bits per heavy atom. The van der Waals surface area contributed by atoms with E-state index in [1.165, 1.54) is 12.8 Å². The third-order valence-corrected chi connectivity index (χ3v) is 3.83. The van der Waals surface area contributed by atoms with Crippen LogP contribution >= 0.6 is 0 Å². The fourth-order valence-electron chi connectivity index (χ4n) is 2.11. The normalized spacial score (nSPS) is 16.7. The van der Waals surface area contributed by atoms with E-state index in [-0.39, 0.29) is 0 Å². The Kier molecular flexibility index (Phi) is 4.04. The molecule has 0 radical (unpaired) electrons. The lowest BCUT2D eigenvalue weighted by molar-refractivity contribution is 0.305. The van der Waals surface area contributed by atoms with Crippen molar-refractivity contribution in [1.82, 2.24) is 9.97 Å². The minimum absolute atomic E-state index is 0.482. The highest BCUT2D eigenvalue weighted by Gasteiger charge is 2.44. The van der Waals surface area contributed by atoms with E-state index in [1.54, 1.807) is 6.33 Å². The molecule has 0 saturated heterocycles. The summed E-state index contributed by atoms with van der Waals surface area (Å²) in [5, 5.41) is 3.41. The molecule has 1 N–H and O–H groups in total. The fraction of sp³-hybridized carbons (Fsp3) is 0.714. The van der Waals surface area contributed by atoms with Crippen LogP contribution in [0.25, 0.3) is 0 Å². The first-order chi connectivity index (χ1) is 8.66. The molecule has 1 saturated carbocycles. The van der Waals surface area contributed by atoms with Crippen LogP contribution in [0.5, 0.6) is 5.88 Å². The number of nitrogens with one attached hydrogen (secondary N) is 1. The summed E-state index contributed by atoms with van der Waals surface area (Å²) >= 11 is 0. The highest BCUT2D eigenvalue weighted by atomic mass is 16.5. The highest BCUT2D eigenvalue weighted by molar-refractivity contribution is 5.37. The average Bonchev–Trinajstić information content (AvgIpc) is 3.16. The van der Waals surface area contributed by atoms with Crippen LogP contribution in [0.4, 0.5) is 5.82 Å². The van der Waals surface area contributed by atoms with Crippen LogP contribution in [0.15, 0.2) is 12.4 Å². The molecular weight excluding hydrogens is 226 g/mol. The molecule has 2 rings (SSSR count). The van der Waals surface area contributed by atoms with Gasteiger partial charge in [0.25, 0.3) is 0 Å². The Bertz CT molecular complexity index is 388. The van der Waals surface area contributed by atoms with Gasteiger partial charge in [0.05, 0.1) is 6.61 Å². The van der Waals surface area contributed by atoms with E-state index >= 15 is 0 Å². The second kappa shape index (κ2) is 5.55. The van der Waals surface area contributed by atoms with Crippen molar-refractivity contribution in [3.8, 4) is 5.88 Å². The maximum absolute atomic E-state index is 5.50. The van der Waals surface area contributed by atoms with Gasteiger partial charge in [-0.05, 0) is 30.6 Å². The van der Waals surface area contributed by atoms with Gasteiger partial charge in [-0.1, -0.05) is 20.8 Å². The molecule has 1 fully saturated rings. The van der Waals surface area contributed by atoms with Crippen molar-refractivity contribution in [2.45, 2.75) is 40.0 Å². The Morgan fingerprint density at radius 2 is 2.17 bits per heavy atom. The zero-order valence-electron chi connectivity index (χ0n) is 11.6. The van der Waals surface area contributed by atoms with Gasteiger partial charge in [0, 0.05) is 12.6 Å². The quantitative estimate of drug-likeness (QED) is 0.806. The first kappa shape index (κ1) is 13.1. The Balaban J connectivity index is 1.89. The molecular formula is C14H23N3O. The Morgan fingerprint density at radius 3 is 2.78 bits per heavy atom. The number of rotatable bonds is 7. The molecule has 1 aliphatic carbocycles. The monoisotopic (exact) mass is 249 g/mol. The second-order valence-corrected chi connectivity index (χ2v) is 5.46. The molecule has 4 heteroatoms. The summed E-state index contributed by atoms with van der Waals surface area (Å²) in [7, 11) is 0. The Labute approximate surface area is 109 Å². The van der Waals surface area contributed by atoms with Crippen LogP contribution in [0.1, 0.15) is 40.0 Å². The summed E-state index contributed by atoms with van der Waals surface area (Å²) in [4.78, 5) is 8.33. The zero-order valence-corrected chi connectivity index (χ0v) is 11.6. The maximum atomic E-state index is 5.50. The predicted molar refractivity (Wildman–Crippen MR) is 72.8 cm³/mol. The number of hydrogen-bond donors (Lipinski definition) is 1. The number of nitrogens with zero attached hydrogens (tertiary/aromatic N) is 2. The summed E-state index contributed by atoms with van der Waals surface area (Å²) < 4.78 is 5.50. The number of ether oxygens (including phenoxy) is 1. The van der Waals surface area contributed by atoms with E-state index < -0.39 is 0 Å². The van der Waals surface area contributed by atoms with E-state index in [0.29, 0.717) is 17.9 Å². The van der Waals surface area contributed by atoms with Crippen molar-refractivity contribution in [3.05, 3.63) is 12.4 Å². The summed E-state index contributed by atoms with van der Waals surface area (Å²) in [5.74, 6) is 2.24. The SMILES string of the molecule is CCCOc1cc(NCC2(C(C)C)CC2)ncn1. The number of aromatic nitrogens is 2. The minimum atomic E-state index is 0.482. The van der Waals surface area contributed by atoms with Crippen molar-refractivity contribution in [3.63, 3.8) is 0 Å². The molecule has 4 nitrogen and oxygen atoms in total. The smallest absolute Gasteiger partial charge is 0.218 e. The average molecular weight is 249 g/mol. The van der Waals surface area contributed by atoms with E-state index in [2.05, 4.69) is 36.1 Å². The lowest BCUT2D eigenvalue weighted by atomic mass is 9.92. The van der Waals surface area contributed by atoms with Gasteiger partial charge in [0.1, 0.15) is 12.1 Å². The molecule has 1 aromatic heterocycles. The van der Waals surface area contributed by atoms with Gasteiger partial charge < -0.3 is 10.1 Å². The topological polar surface area (TPSA) is 47.0 Å². The van der Waals surface area contributed by atoms with E-state index in [0.717, 1.165) is 24.7 Å². The van der Waals surface area contributed by atoms with Gasteiger partial charge in [-0.15, -0.1) is 0 Å². The highest BCUT2D eigenvalue weighted by Crippen LogP contribution is 2.51. The first-order valence-electron chi connectivity index (χ1n) is 6.85. The molecule has 0 atom stereocenters. The minimum Gasteiger partial charge on any atom is -0.478 e. The van der Waals surface area contributed by atoms with Crippen LogP contribution in [0.3, 0.4) is 0 Å². The molecule has 0 aromatic carbocycles. The molecule has 0 unspecified atom stereocenters. The van der Waals surface area contributed by atoms with Gasteiger partial charge in [-0.2, -0.15) is 0 Å². The van der Waals surface area contributed by atoms with Crippen molar-refractivity contribution in [2.75, 3.05) is 18.5 Å². The molecule has 100 valence electrons.